The summed E-state index contributed by atoms with van der Waals surface area (Å²) in [7, 11) is 6.40. The topological polar surface area (TPSA) is 9.23 Å². The van der Waals surface area contributed by atoms with E-state index in [-0.39, 0.29) is 5.60 Å². The third-order valence-corrected chi connectivity index (χ3v) is 7.91. The van der Waals surface area contributed by atoms with Crippen LogP contribution in [-0.2, 0) is 8.67 Å². The normalized spacial score (nSPS) is 25.5. The van der Waals surface area contributed by atoms with Crippen LogP contribution in [0.4, 0.5) is 0 Å². The summed E-state index contributed by atoms with van der Waals surface area (Å²) in [5, 5.41) is 0. The van der Waals surface area contributed by atoms with E-state index in [1.54, 1.807) is 0 Å². The Kier molecular flexibility index (Phi) is 2.69. The van der Waals surface area contributed by atoms with Crippen molar-refractivity contribution in [1.82, 2.24) is 0 Å². The van der Waals surface area contributed by atoms with Crippen LogP contribution in [0.3, 0.4) is 0 Å². The molecule has 3 rings (SSSR count). The molecule has 2 aliphatic rings. The van der Waals surface area contributed by atoms with Crippen molar-refractivity contribution in [2.45, 2.75) is 37.7 Å². The number of halogens is 2. The molecule has 1 saturated carbocycles. The van der Waals surface area contributed by atoms with Gasteiger partial charge in [-0.2, -0.15) is 0 Å². The van der Waals surface area contributed by atoms with Crippen LogP contribution in [0.15, 0.2) is 24.3 Å². The number of fused-ring (bicyclic) bond motifs is 2. The van der Waals surface area contributed by atoms with Gasteiger partial charge in [0.15, 0.2) is 0 Å². The Labute approximate surface area is 102 Å². The summed E-state index contributed by atoms with van der Waals surface area (Å²) >= 11 is -1.79. The van der Waals surface area contributed by atoms with Crippen LogP contribution in [0, 0.1) is 3.57 Å². The molecule has 0 unspecified atom stereocenters. The molecular weight excluding hydrogens is 322 g/mol. The zero-order valence-electron chi connectivity index (χ0n) is 8.51. The first-order valence-corrected chi connectivity index (χ1v) is 10.2. The molecule has 1 aliphatic carbocycles. The van der Waals surface area contributed by atoms with Crippen molar-refractivity contribution < 1.29 is 3.07 Å². The standard InChI is InChI=1S/C12H14ClIO/c13-14-11-7-3-2-6-10(11)12(15-14)8-4-1-5-9-12/h2-3,6-7H,1,4-5,8-9H2. The van der Waals surface area contributed by atoms with Crippen LogP contribution in [0.2, 0.25) is 0 Å². The SMILES string of the molecule is ClI1OC2(CCCCC2)c2ccccc21. The van der Waals surface area contributed by atoms with Crippen molar-refractivity contribution in [3.05, 3.63) is 33.4 Å². The zero-order valence-corrected chi connectivity index (χ0v) is 11.4. The van der Waals surface area contributed by atoms with Gasteiger partial charge in [-0.3, -0.25) is 0 Å². The molecule has 15 heavy (non-hydrogen) atoms. The fourth-order valence-corrected chi connectivity index (χ4v) is 7.50. The van der Waals surface area contributed by atoms with Crippen molar-refractivity contribution in [1.29, 1.82) is 0 Å². The third kappa shape index (κ3) is 1.61. The molecule has 0 amide bonds. The average molecular weight is 337 g/mol. The molecule has 0 bridgehead atoms. The van der Waals surface area contributed by atoms with Gasteiger partial charge in [0, 0.05) is 0 Å². The van der Waals surface area contributed by atoms with E-state index in [0.29, 0.717) is 0 Å². The Morgan fingerprint density at radius 1 is 1.13 bits per heavy atom. The van der Waals surface area contributed by atoms with Gasteiger partial charge in [0.25, 0.3) is 0 Å². The summed E-state index contributed by atoms with van der Waals surface area (Å²) in [6.45, 7) is 0. The molecule has 0 saturated heterocycles. The minimum atomic E-state index is -1.79. The predicted molar refractivity (Wildman–Crippen MR) is 70.9 cm³/mol. The first kappa shape index (κ1) is 10.4. The van der Waals surface area contributed by atoms with E-state index in [1.165, 1.54) is 41.2 Å². The summed E-state index contributed by atoms with van der Waals surface area (Å²) in [5.41, 5.74) is 1.42. The first-order valence-electron chi connectivity index (χ1n) is 5.47. The zero-order chi connectivity index (χ0) is 10.3. The van der Waals surface area contributed by atoms with E-state index in [1.807, 2.05) is 0 Å². The molecule has 0 atom stereocenters. The van der Waals surface area contributed by atoms with E-state index in [0.717, 1.165) is 0 Å². The Balaban J connectivity index is 2.06. The Morgan fingerprint density at radius 3 is 2.67 bits per heavy atom. The van der Waals surface area contributed by atoms with E-state index in [9.17, 15) is 0 Å². The first-order chi connectivity index (χ1) is 7.32. The molecule has 3 heteroatoms. The quantitative estimate of drug-likeness (QED) is 0.628. The second-order valence-electron chi connectivity index (χ2n) is 4.32. The number of benzene rings is 1. The Morgan fingerprint density at radius 2 is 1.87 bits per heavy atom. The van der Waals surface area contributed by atoms with Gasteiger partial charge < -0.3 is 0 Å². The van der Waals surface area contributed by atoms with Gasteiger partial charge in [-0.1, -0.05) is 0 Å². The van der Waals surface area contributed by atoms with E-state index in [2.05, 4.69) is 24.3 Å². The minimum absolute atomic E-state index is 0.0153. The van der Waals surface area contributed by atoms with Gasteiger partial charge in [0.1, 0.15) is 0 Å². The predicted octanol–water partition coefficient (Wildman–Crippen LogP) is 4.62. The van der Waals surface area contributed by atoms with E-state index >= 15 is 0 Å². The van der Waals surface area contributed by atoms with Gasteiger partial charge in [0.2, 0.25) is 0 Å². The second kappa shape index (κ2) is 3.90. The molecule has 1 aliphatic heterocycles. The number of hydrogen-bond donors (Lipinski definition) is 0. The summed E-state index contributed by atoms with van der Waals surface area (Å²) in [6, 6.07) is 8.58. The van der Waals surface area contributed by atoms with Crippen molar-refractivity contribution >= 4 is 28.0 Å². The molecule has 1 spiro atoms. The molecule has 0 aromatic heterocycles. The summed E-state index contributed by atoms with van der Waals surface area (Å²) in [4.78, 5) is 0. The maximum absolute atomic E-state index is 6.40. The van der Waals surface area contributed by atoms with E-state index in [4.69, 9.17) is 12.0 Å². The van der Waals surface area contributed by atoms with Crippen molar-refractivity contribution in [2.75, 3.05) is 0 Å². The molecule has 0 N–H and O–H groups in total. The van der Waals surface area contributed by atoms with E-state index < -0.39 is 19.1 Å². The Bertz CT molecular complexity index is 374. The van der Waals surface area contributed by atoms with Crippen LogP contribution in [0.25, 0.3) is 0 Å². The number of hydrogen-bond acceptors (Lipinski definition) is 1. The summed E-state index contributed by atoms with van der Waals surface area (Å²) < 4.78 is 7.52. The number of rotatable bonds is 0. The Hall–Kier alpha value is 0.200. The van der Waals surface area contributed by atoms with Crippen molar-refractivity contribution in [3.63, 3.8) is 0 Å². The van der Waals surface area contributed by atoms with Gasteiger partial charge >= 0.3 is 102 Å². The third-order valence-electron chi connectivity index (χ3n) is 3.40. The van der Waals surface area contributed by atoms with Gasteiger partial charge in [-0.25, -0.2) is 0 Å². The molecule has 1 nitrogen and oxygen atoms in total. The maximum atomic E-state index is 6.40. The summed E-state index contributed by atoms with van der Waals surface area (Å²) in [6.07, 6.45) is 6.27. The average Bonchev–Trinajstić information content (AvgIpc) is 2.55. The molecule has 1 aromatic rings. The molecule has 1 fully saturated rings. The van der Waals surface area contributed by atoms with Crippen LogP contribution in [0.5, 0.6) is 0 Å². The van der Waals surface area contributed by atoms with Crippen LogP contribution in [0.1, 0.15) is 37.7 Å². The monoisotopic (exact) mass is 336 g/mol. The van der Waals surface area contributed by atoms with Gasteiger partial charge in [-0.15, -0.1) is 0 Å². The van der Waals surface area contributed by atoms with Gasteiger partial charge in [0.05, 0.1) is 0 Å². The van der Waals surface area contributed by atoms with Gasteiger partial charge in [-0.05, 0) is 0 Å². The van der Waals surface area contributed by atoms with Crippen molar-refractivity contribution in [2.24, 2.45) is 0 Å². The summed E-state index contributed by atoms with van der Waals surface area (Å²) in [5.74, 6) is 0. The molecule has 1 aromatic carbocycles. The molecular formula is C12H14ClIO. The molecule has 1 heterocycles. The fraction of sp³-hybridized carbons (Fsp3) is 0.500. The van der Waals surface area contributed by atoms with Crippen molar-refractivity contribution in [3.8, 4) is 0 Å². The fourth-order valence-electron chi connectivity index (χ4n) is 2.64. The van der Waals surface area contributed by atoms with Crippen LogP contribution >= 0.6 is 28.0 Å². The van der Waals surface area contributed by atoms with Crippen LogP contribution in [-0.4, -0.2) is 0 Å². The molecule has 0 radical (unpaired) electrons. The molecule has 82 valence electrons. The second-order valence-corrected chi connectivity index (χ2v) is 8.84. The van der Waals surface area contributed by atoms with Crippen LogP contribution < -0.4 is 0 Å².